The highest BCUT2D eigenvalue weighted by atomic mass is 16.3. The van der Waals surface area contributed by atoms with Crippen LogP contribution in [0.2, 0.25) is 0 Å². The second-order valence-electron chi connectivity index (χ2n) is 7.01. The van der Waals surface area contributed by atoms with Gasteiger partial charge in [0.2, 0.25) is 0 Å². The third-order valence-electron chi connectivity index (χ3n) is 4.74. The molecule has 3 aromatic carbocycles. The summed E-state index contributed by atoms with van der Waals surface area (Å²) < 4.78 is 0. The fraction of sp³-hybridized carbons (Fsp3) is 0.304. The van der Waals surface area contributed by atoms with Gasteiger partial charge in [-0.15, -0.1) is 0 Å². The third kappa shape index (κ3) is 4.68. The lowest BCUT2D eigenvalue weighted by molar-refractivity contribution is 0.0910. The largest absolute Gasteiger partial charge is 0.391 e. The molecule has 0 aromatic heterocycles. The van der Waals surface area contributed by atoms with E-state index >= 15 is 0 Å². The molecular formula is C23H27NO. The Labute approximate surface area is 150 Å². The molecule has 0 aliphatic heterocycles. The molecule has 1 atom stereocenters. The molecule has 0 saturated heterocycles. The van der Waals surface area contributed by atoms with E-state index in [-0.39, 0.29) is 6.10 Å². The molecule has 0 heterocycles. The van der Waals surface area contributed by atoms with Crippen LogP contribution in [0.3, 0.4) is 0 Å². The first-order chi connectivity index (χ1) is 12.1. The Bertz CT molecular complexity index is 792. The van der Waals surface area contributed by atoms with Crippen molar-refractivity contribution in [2.75, 3.05) is 6.54 Å². The minimum atomic E-state index is -0.378. The van der Waals surface area contributed by atoms with Gasteiger partial charge in [-0.1, -0.05) is 72.8 Å². The van der Waals surface area contributed by atoms with Crippen molar-refractivity contribution in [2.24, 2.45) is 0 Å². The predicted octanol–water partition coefficient (Wildman–Crippen LogP) is 4.65. The summed E-state index contributed by atoms with van der Waals surface area (Å²) in [4.78, 5) is 2.34. The van der Waals surface area contributed by atoms with Crippen molar-refractivity contribution >= 4 is 10.8 Å². The van der Waals surface area contributed by atoms with E-state index in [9.17, 15) is 5.11 Å². The molecule has 0 radical (unpaired) electrons. The van der Waals surface area contributed by atoms with E-state index in [2.05, 4.69) is 85.5 Å². The molecule has 2 nitrogen and oxygen atoms in total. The molecule has 25 heavy (non-hydrogen) atoms. The summed E-state index contributed by atoms with van der Waals surface area (Å²) >= 11 is 0. The lowest BCUT2D eigenvalue weighted by atomic mass is 9.99. The van der Waals surface area contributed by atoms with E-state index in [1.807, 2.05) is 6.07 Å². The number of hydrogen-bond acceptors (Lipinski definition) is 2. The van der Waals surface area contributed by atoms with Crippen LogP contribution >= 0.6 is 0 Å². The molecule has 0 unspecified atom stereocenters. The van der Waals surface area contributed by atoms with Gasteiger partial charge in [0, 0.05) is 25.6 Å². The standard InChI is InChI=1S/C23H27NO/c1-18(2)24(16-19-9-4-3-5-10-19)17-22(25)15-21-13-8-12-20-11-6-7-14-23(20)21/h3-14,18,22,25H,15-17H2,1-2H3/t22-/m0/s1. The Morgan fingerprint density at radius 2 is 1.52 bits per heavy atom. The van der Waals surface area contributed by atoms with Crippen LogP contribution in [0, 0.1) is 0 Å². The van der Waals surface area contributed by atoms with Crippen molar-refractivity contribution in [3.05, 3.63) is 83.9 Å². The Morgan fingerprint density at radius 3 is 2.28 bits per heavy atom. The molecule has 130 valence electrons. The maximum Gasteiger partial charge on any atom is 0.0707 e. The van der Waals surface area contributed by atoms with Gasteiger partial charge in [0.05, 0.1) is 6.10 Å². The zero-order chi connectivity index (χ0) is 17.6. The van der Waals surface area contributed by atoms with E-state index < -0.39 is 0 Å². The number of rotatable bonds is 7. The Hall–Kier alpha value is -2.16. The SMILES string of the molecule is CC(C)N(Cc1ccccc1)C[C@@H](O)Cc1cccc2ccccc12. The maximum absolute atomic E-state index is 10.7. The minimum absolute atomic E-state index is 0.378. The number of benzene rings is 3. The van der Waals surface area contributed by atoms with Crippen molar-refractivity contribution in [1.29, 1.82) is 0 Å². The molecule has 3 aromatic rings. The van der Waals surface area contributed by atoms with Crippen molar-refractivity contribution in [3.8, 4) is 0 Å². The fourth-order valence-corrected chi connectivity index (χ4v) is 3.34. The first-order valence-electron chi connectivity index (χ1n) is 9.06. The molecule has 0 aliphatic carbocycles. The predicted molar refractivity (Wildman–Crippen MR) is 106 cm³/mol. The van der Waals surface area contributed by atoms with Crippen LogP contribution in [0.15, 0.2) is 72.8 Å². The summed E-state index contributed by atoms with van der Waals surface area (Å²) in [6, 6.07) is 25.6. The lowest BCUT2D eigenvalue weighted by Crippen LogP contribution is -2.37. The molecule has 1 N–H and O–H groups in total. The molecular weight excluding hydrogens is 306 g/mol. The molecule has 0 bridgehead atoms. The van der Waals surface area contributed by atoms with Crippen LogP contribution in [0.1, 0.15) is 25.0 Å². The van der Waals surface area contributed by atoms with Gasteiger partial charge in [-0.25, -0.2) is 0 Å². The van der Waals surface area contributed by atoms with E-state index in [0.29, 0.717) is 19.0 Å². The van der Waals surface area contributed by atoms with Crippen LogP contribution in [0.25, 0.3) is 10.8 Å². The van der Waals surface area contributed by atoms with Crippen LogP contribution in [0.5, 0.6) is 0 Å². The van der Waals surface area contributed by atoms with E-state index in [1.54, 1.807) is 0 Å². The second kappa shape index (κ2) is 8.28. The van der Waals surface area contributed by atoms with E-state index in [4.69, 9.17) is 0 Å². The first-order valence-corrected chi connectivity index (χ1v) is 9.06. The highest BCUT2D eigenvalue weighted by molar-refractivity contribution is 5.85. The van der Waals surface area contributed by atoms with E-state index in [0.717, 1.165) is 6.54 Å². The Morgan fingerprint density at radius 1 is 0.840 bits per heavy atom. The summed E-state index contributed by atoms with van der Waals surface area (Å²) in [5, 5.41) is 13.2. The van der Waals surface area contributed by atoms with E-state index in [1.165, 1.54) is 21.9 Å². The first kappa shape index (κ1) is 17.7. The normalized spacial score (nSPS) is 12.8. The monoisotopic (exact) mass is 333 g/mol. The van der Waals surface area contributed by atoms with Gasteiger partial charge in [-0.3, -0.25) is 4.90 Å². The minimum Gasteiger partial charge on any atom is -0.391 e. The van der Waals surface area contributed by atoms with Crippen LogP contribution < -0.4 is 0 Å². The molecule has 0 aliphatic rings. The van der Waals surface area contributed by atoms with Gasteiger partial charge in [-0.05, 0) is 35.7 Å². The van der Waals surface area contributed by atoms with Gasteiger partial charge in [0.1, 0.15) is 0 Å². The summed E-state index contributed by atoms with van der Waals surface area (Å²) in [6.45, 7) is 5.92. The van der Waals surface area contributed by atoms with Crippen LogP contribution in [-0.4, -0.2) is 28.7 Å². The number of nitrogens with zero attached hydrogens (tertiary/aromatic N) is 1. The average molecular weight is 333 g/mol. The summed E-state index contributed by atoms with van der Waals surface area (Å²) in [7, 11) is 0. The zero-order valence-corrected chi connectivity index (χ0v) is 15.1. The molecule has 0 fully saturated rings. The van der Waals surface area contributed by atoms with Gasteiger partial charge < -0.3 is 5.11 Å². The summed E-state index contributed by atoms with van der Waals surface area (Å²) in [5.74, 6) is 0. The highest BCUT2D eigenvalue weighted by Gasteiger charge is 2.16. The molecule has 2 heteroatoms. The van der Waals surface area contributed by atoms with Crippen molar-refractivity contribution in [2.45, 2.75) is 39.0 Å². The third-order valence-corrected chi connectivity index (χ3v) is 4.74. The lowest BCUT2D eigenvalue weighted by Gasteiger charge is -2.29. The maximum atomic E-state index is 10.7. The number of fused-ring (bicyclic) bond motifs is 1. The van der Waals surface area contributed by atoms with Crippen molar-refractivity contribution in [1.82, 2.24) is 4.90 Å². The van der Waals surface area contributed by atoms with Gasteiger partial charge in [0.15, 0.2) is 0 Å². The zero-order valence-electron chi connectivity index (χ0n) is 15.1. The molecule has 0 amide bonds. The number of aliphatic hydroxyl groups excluding tert-OH is 1. The number of hydrogen-bond donors (Lipinski definition) is 1. The molecule has 3 rings (SSSR count). The second-order valence-corrected chi connectivity index (χ2v) is 7.01. The summed E-state index contributed by atoms with van der Waals surface area (Å²) in [5.41, 5.74) is 2.50. The number of aliphatic hydroxyl groups is 1. The van der Waals surface area contributed by atoms with Gasteiger partial charge >= 0.3 is 0 Å². The Kier molecular flexibility index (Phi) is 5.85. The van der Waals surface area contributed by atoms with Gasteiger partial charge in [0.25, 0.3) is 0 Å². The van der Waals surface area contributed by atoms with Crippen molar-refractivity contribution < 1.29 is 5.11 Å². The molecule has 0 spiro atoms. The smallest absolute Gasteiger partial charge is 0.0707 e. The average Bonchev–Trinajstić information content (AvgIpc) is 2.62. The summed E-state index contributed by atoms with van der Waals surface area (Å²) in [6.07, 6.45) is 0.302. The molecule has 0 saturated carbocycles. The quantitative estimate of drug-likeness (QED) is 0.680. The van der Waals surface area contributed by atoms with Gasteiger partial charge in [-0.2, -0.15) is 0 Å². The topological polar surface area (TPSA) is 23.5 Å². The highest BCUT2D eigenvalue weighted by Crippen LogP contribution is 2.20. The Balaban J connectivity index is 1.70. The fourth-order valence-electron chi connectivity index (χ4n) is 3.34. The van der Waals surface area contributed by atoms with Crippen LogP contribution in [0.4, 0.5) is 0 Å². The van der Waals surface area contributed by atoms with Crippen molar-refractivity contribution in [3.63, 3.8) is 0 Å². The van der Waals surface area contributed by atoms with Crippen LogP contribution in [-0.2, 0) is 13.0 Å².